The Morgan fingerprint density at radius 2 is 1.79 bits per heavy atom. The van der Waals surface area contributed by atoms with Gasteiger partial charge in [-0.15, -0.1) is 0 Å². The lowest BCUT2D eigenvalue weighted by Gasteiger charge is -2.25. The van der Waals surface area contributed by atoms with Crippen molar-refractivity contribution in [1.82, 2.24) is 5.32 Å². The summed E-state index contributed by atoms with van der Waals surface area (Å²) in [5.41, 5.74) is 0.188. The molecular formula is C15H19NO3. The van der Waals surface area contributed by atoms with Crippen LogP contribution in [-0.4, -0.2) is 17.0 Å². The number of carbonyl (C=O) groups is 2. The lowest BCUT2D eigenvalue weighted by atomic mass is 9.87. The van der Waals surface area contributed by atoms with Crippen molar-refractivity contribution in [3.05, 3.63) is 35.9 Å². The molecule has 2 N–H and O–H groups in total. The van der Waals surface area contributed by atoms with Gasteiger partial charge in [0.15, 0.2) is 6.04 Å². The first-order valence-corrected chi connectivity index (χ1v) is 6.62. The first kappa shape index (κ1) is 13.6. The van der Waals surface area contributed by atoms with Crippen LogP contribution < -0.4 is 5.32 Å². The van der Waals surface area contributed by atoms with Gasteiger partial charge in [0, 0.05) is 5.41 Å². The Morgan fingerprint density at radius 3 is 2.32 bits per heavy atom. The van der Waals surface area contributed by atoms with Crippen LogP contribution in [0, 0.1) is 5.41 Å². The van der Waals surface area contributed by atoms with E-state index < -0.39 is 17.4 Å². The molecule has 1 atom stereocenters. The number of carboxylic acid groups (broad SMARTS) is 1. The molecule has 102 valence electrons. The minimum absolute atomic E-state index is 0.152. The van der Waals surface area contributed by atoms with Crippen molar-refractivity contribution in [3.63, 3.8) is 0 Å². The maximum absolute atomic E-state index is 12.3. The molecule has 1 aromatic carbocycles. The van der Waals surface area contributed by atoms with Gasteiger partial charge in [-0.3, -0.25) is 4.79 Å². The highest BCUT2D eigenvalue weighted by Gasteiger charge is 2.38. The number of benzene rings is 1. The molecule has 1 aliphatic carbocycles. The van der Waals surface area contributed by atoms with Crippen LogP contribution >= 0.6 is 0 Å². The monoisotopic (exact) mass is 261 g/mol. The predicted octanol–water partition coefficient (Wildman–Crippen LogP) is 2.51. The summed E-state index contributed by atoms with van der Waals surface area (Å²) in [7, 11) is 0. The van der Waals surface area contributed by atoms with Crippen molar-refractivity contribution in [2.24, 2.45) is 5.41 Å². The van der Waals surface area contributed by atoms with Crippen molar-refractivity contribution in [3.8, 4) is 0 Å². The number of rotatable bonds is 4. The van der Waals surface area contributed by atoms with Gasteiger partial charge in [-0.25, -0.2) is 4.79 Å². The SMILES string of the molecule is CC1(C(=O)NC(C(=O)O)c2ccccc2)CCCC1. The molecule has 0 aromatic heterocycles. The van der Waals surface area contributed by atoms with E-state index in [9.17, 15) is 14.7 Å². The van der Waals surface area contributed by atoms with Crippen LogP contribution in [0.15, 0.2) is 30.3 Å². The Morgan fingerprint density at radius 1 is 1.21 bits per heavy atom. The van der Waals surface area contributed by atoms with E-state index in [1.807, 2.05) is 13.0 Å². The summed E-state index contributed by atoms with van der Waals surface area (Å²) in [5.74, 6) is -1.18. The number of aliphatic carboxylic acids is 1. The Labute approximate surface area is 112 Å². The Bertz CT molecular complexity index is 464. The quantitative estimate of drug-likeness (QED) is 0.875. The van der Waals surface area contributed by atoms with Gasteiger partial charge in [-0.05, 0) is 18.4 Å². The van der Waals surface area contributed by atoms with E-state index >= 15 is 0 Å². The summed E-state index contributed by atoms with van der Waals surface area (Å²) in [6, 6.07) is 7.84. The highest BCUT2D eigenvalue weighted by Crippen LogP contribution is 2.38. The van der Waals surface area contributed by atoms with Crippen LogP contribution in [0.2, 0.25) is 0 Å². The molecule has 1 fully saturated rings. The zero-order valence-electron chi connectivity index (χ0n) is 11.1. The van der Waals surface area contributed by atoms with E-state index in [1.54, 1.807) is 24.3 Å². The summed E-state index contributed by atoms with van der Waals surface area (Å²) >= 11 is 0. The van der Waals surface area contributed by atoms with Gasteiger partial charge in [-0.2, -0.15) is 0 Å². The molecule has 0 heterocycles. The van der Waals surface area contributed by atoms with E-state index in [1.165, 1.54) is 0 Å². The van der Waals surface area contributed by atoms with E-state index in [4.69, 9.17) is 0 Å². The van der Waals surface area contributed by atoms with Crippen molar-refractivity contribution < 1.29 is 14.7 Å². The zero-order chi connectivity index (χ0) is 13.9. The van der Waals surface area contributed by atoms with Gasteiger partial charge in [-0.1, -0.05) is 50.1 Å². The molecular weight excluding hydrogens is 242 g/mol. The van der Waals surface area contributed by atoms with Gasteiger partial charge < -0.3 is 10.4 Å². The van der Waals surface area contributed by atoms with Crippen LogP contribution in [-0.2, 0) is 9.59 Å². The molecule has 1 aromatic rings. The summed E-state index contributed by atoms with van der Waals surface area (Å²) in [6.45, 7) is 1.92. The summed E-state index contributed by atoms with van der Waals surface area (Å²) in [6.07, 6.45) is 3.74. The second kappa shape index (κ2) is 5.43. The molecule has 0 saturated heterocycles. The topological polar surface area (TPSA) is 66.4 Å². The lowest BCUT2D eigenvalue weighted by Crippen LogP contribution is -2.41. The second-order valence-corrected chi connectivity index (χ2v) is 5.42. The summed E-state index contributed by atoms with van der Waals surface area (Å²) < 4.78 is 0. The van der Waals surface area contributed by atoms with Gasteiger partial charge in [0.05, 0.1) is 0 Å². The third-order valence-electron chi connectivity index (χ3n) is 3.91. The molecule has 4 nitrogen and oxygen atoms in total. The molecule has 2 rings (SSSR count). The van der Waals surface area contributed by atoms with Crippen molar-refractivity contribution in [1.29, 1.82) is 0 Å². The van der Waals surface area contributed by atoms with Crippen LogP contribution in [0.5, 0.6) is 0 Å². The fourth-order valence-electron chi connectivity index (χ4n) is 2.62. The maximum Gasteiger partial charge on any atom is 0.330 e. The van der Waals surface area contributed by atoms with Crippen molar-refractivity contribution >= 4 is 11.9 Å². The van der Waals surface area contributed by atoms with Crippen LogP contribution in [0.25, 0.3) is 0 Å². The molecule has 1 aliphatic rings. The first-order chi connectivity index (χ1) is 9.03. The third kappa shape index (κ3) is 2.95. The predicted molar refractivity (Wildman–Crippen MR) is 71.5 cm³/mol. The number of carbonyl (C=O) groups excluding carboxylic acids is 1. The standard InChI is InChI=1S/C15H19NO3/c1-15(9-5-6-10-15)14(19)16-12(13(17)18)11-7-3-2-4-8-11/h2-4,7-8,12H,5-6,9-10H2,1H3,(H,16,19)(H,17,18). The van der Waals surface area contributed by atoms with Crippen LogP contribution in [0.1, 0.15) is 44.2 Å². The minimum atomic E-state index is -1.03. The molecule has 1 amide bonds. The number of hydrogen-bond donors (Lipinski definition) is 2. The number of hydrogen-bond acceptors (Lipinski definition) is 2. The fraction of sp³-hybridized carbons (Fsp3) is 0.467. The smallest absolute Gasteiger partial charge is 0.330 e. The molecule has 0 spiro atoms. The molecule has 0 aliphatic heterocycles. The molecule has 0 bridgehead atoms. The molecule has 1 unspecified atom stereocenters. The minimum Gasteiger partial charge on any atom is -0.479 e. The van der Waals surface area contributed by atoms with E-state index in [2.05, 4.69) is 5.32 Å². The number of nitrogens with one attached hydrogen (secondary N) is 1. The summed E-state index contributed by atoms with van der Waals surface area (Å²) in [5, 5.41) is 12.0. The van der Waals surface area contributed by atoms with E-state index in [0.717, 1.165) is 25.7 Å². The Hall–Kier alpha value is -1.84. The van der Waals surface area contributed by atoms with Gasteiger partial charge >= 0.3 is 5.97 Å². The molecule has 0 radical (unpaired) electrons. The van der Waals surface area contributed by atoms with Crippen molar-refractivity contribution in [2.75, 3.05) is 0 Å². The average Bonchev–Trinajstić information content (AvgIpc) is 2.84. The molecule has 4 heteroatoms. The molecule has 19 heavy (non-hydrogen) atoms. The van der Waals surface area contributed by atoms with Gasteiger partial charge in [0.2, 0.25) is 5.91 Å². The highest BCUT2D eigenvalue weighted by atomic mass is 16.4. The lowest BCUT2D eigenvalue weighted by molar-refractivity contribution is -0.143. The Kier molecular flexibility index (Phi) is 3.88. The maximum atomic E-state index is 12.3. The Balaban J connectivity index is 2.14. The van der Waals surface area contributed by atoms with Crippen LogP contribution in [0.3, 0.4) is 0 Å². The highest BCUT2D eigenvalue weighted by molar-refractivity contribution is 5.88. The van der Waals surface area contributed by atoms with Gasteiger partial charge in [0.1, 0.15) is 0 Å². The summed E-state index contributed by atoms with van der Waals surface area (Å²) in [4.78, 5) is 23.6. The average molecular weight is 261 g/mol. The second-order valence-electron chi connectivity index (χ2n) is 5.42. The number of carboxylic acids is 1. The zero-order valence-corrected chi connectivity index (χ0v) is 11.1. The van der Waals surface area contributed by atoms with Crippen molar-refractivity contribution in [2.45, 2.75) is 38.6 Å². The molecule has 1 saturated carbocycles. The fourth-order valence-corrected chi connectivity index (χ4v) is 2.62. The van der Waals surface area contributed by atoms with Crippen LogP contribution in [0.4, 0.5) is 0 Å². The van der Waals surface area contributed by atoms with E-state index in [-0.39, 0.29) is 5.91 Å². The first-order valence-electron chi connectivity index (χ1n) is 6.62. The largest absolute Gasteiger partial charge is 0.479 e. The van der Waals surface area contributed by atoms with Gasteiger partial charge in [0.25, 0.3) is 0 Å². The third-order valence-corrected chi connectivity index (χ3v) is 3.91. The number of amides is 1. The normalized spacial score (nSPS) is 18.8. The van der Waals surface area contributed by atoms with E-state index in [0.29, 0.717) is 5.56 Å².